The second-order valence-corrected chi connectivity index (χ2v) is 5.88. The van der Waals surface area contributed by atoms with E-state index in [0.717, 1.165) is 19.4 Å². The Labute approximate surface area is 103 Å². The number of nitrogens with two attached hydrogens (primary N) is 1. The van der Waals surface area contributed by atoms with Crippen molar-refractivity contribution in [3.8, 4) is 0 Å². The monoisotopic (exact) mass is 289 g/mol. The molecule has 2 atom stereocenters. The van der Waals surface area contributed by atoms with E-state index in [0.29, 0.717) is 6.10 Å². The number of halogens is 1. The lowest BCUT2D eigenvalue weighted by atomic mass is 10.0. The average Bonchev–Trinajstić information content (AvgIpc) is 2.79. The first-order chi connectivity index (χ1) is 7.25. The van der Waals surface area contributed by atoms with E-state index >= 15 is 0 Å². The Kier molecular flexibility index (Phi) is 4.20. The van der Waals surface area contributed by atoms with Crippen molar-refractivity contribution in [3.05, 3.63) is 20.8 Å². The van der Waals surface area contributed by atoms with Crippen LogP contribution in [0.15, 0.2) is 15.9 Å². The Morgan fingerprint density at radius 3 is 3.13 bits per heavy atom. The van der Waals surface area contributed by atoms with Crippen LogP contribution in [0.5, 0.6) is 0 Å². The molecule has 1 aliphatic rings. The zero-order valence-electron chi connectivity index (χ0n) is 8.62. The minimum Gasteiger partial charge on any atom is -0.378 e. The van der Waals surface area contributed by atoms with Crippen molar-refractivity contribution in [2.75, 3.05) is 6.61 Å². The highest BCUT2D eigenvalue weighted by Gasteiger charge is 2.19. The standard InChI is InChI=1S/C11H16BrNOS/c12-10-3-5-15-11(10)7-8(13)6-9-2-1-4-14-9/h3,5,8-9H,1-2,4,6-7,13H2. The molecule has 0 saturated carbocycles. The first kappa shape index (κ1) is 11.6. The third-order valence-corrected chi connectivity index (χ3v) is 4.68. The number of hydrogen-bond donors (Lipinski definition) is 1. The van der Waals surface area contributed by atoms with Gasteiger partial charge in [-0.25, -0.2) is 0 Å². The maximum absolute atomic E-state index is 6.12. The van der Waals surface area contributed by atoms with Gasteiger partial charge in [-0.1, -0.05) is 0 Å². The molecule has 0 spiro atoms. The Balaban J connectivity index is 1.81. The third-order valence-electron chi connectivity index (χ3n) is 2.73. The number of hydrogen-bond acceptors (Lipinski definition) is 3. The second kappa shape index (κ2) is 5.43. The van der Waals surface area contributed by atoms with E-state index in [4.69, 9.17) is 10.5 Å². The Hall–Kier alpha value is 0.1000. The van der Waals surface area contributed by atoms with E-state index in [1.54, 1.807) is 11.3 Å². The van der Waals surface area contributed by atoms with Gasteiger partial charge in [0, 0.05) is 22.0 Å². The minimum atomic E-state index is 0.225. The number of rotatable bonds is 4. The van der Waals surface area contributed by atoms with Gasteiger partial charge in [-0.15, -0.1) is 11.3 Å². The molecular formula is C11H16BrNOS. The van der Waals surface area contributed by atoms with E-state index in [9.17, 15) is 0 Å². The van der Waals surface area contributed by atoms with Crippen LogP contribution in [-0.2, 0) is 11.2 Å². The van der Waals surface area contributed by atoms with E-state index in [1.807, 2.05) is 0 Å². The van der Waals surface area contributed by atoms with Crippen molar-refractivity contribution in [2.45, 2.75) is 37.8 Å². The number of thiophene rings is 1. The molecule has 84 valence electrons. The minimum absolute atomic E-state index is 0.225. The summed E-state index contributed by atoms with van der Waals surface area (Å²) in [5, 5.41) is 2.10. The summed E-state index contributed by atoms with van der Waals surface area (Å²) in [5.41, 5.74) is 6.12. The molecule has 2 rings (SSSR count). The van der Waals surface area contributed by atoms with Gasteiger partial charge in [0.05, 0.1) is 6.10 Å². The molecule has 2 heterocycles. The molecule has 1 saturated heterocycles. The van der Waals surface area contributed by atoms with Crippen molar-refractivity contribution >= 4 is 27.3 Å². The van der Waals surface area contributed by atoms with Crippen LogP contribution >= 0.6 is 27.3 Å². The predicted molar refractivity (Wildman–Crippen MR) is 67.3 cm³/mol. The fourth-order valence-electron chi connectivity index (χ4n) is 1.96. The van der Waals surface area contributed by atoms with E-state index in [-0.39, 0.29) is 6.04 Å². The number of ether oxygens (including phenoxy) is 1. The van der Waals surface area contributed by atoms with E-state index in [1.165, 1.54) is 22.2 Å². The molecule has 0 aromatic carbocycles. The molecule has 2 unspecified atom stereocenters. The fraction of sp³-hybridized carbons (Fsp3) is 0.636. The topological polar surface area (TPSA) is 35.2 Å². The molecule has 1 aliphatic heterocycles. The lowest BCUT2D eigenvalue weighted by Gasteiger charge is -2.15. The zero-order chi connectivity index (χ0) is 10.7. The lowest BCUT2D eigenvalue weighted by Crippen LogP contribution is -2.27. The van der Waals surface area contributed by atoms with E-state index < -0.39 is 0 Å². The van der Waals surface area contributed by atoms with Crippen molar-refractivity contribution in [2.24, 2.45) is 5.73 Å². The summed E-state index contributed by atoms with van der Waals surface area (Å²) in [6.45, 7) is 0.917. The van der Waals surface area contributed by atoms with Gasteiger partial charge < -0.3 is 10.5 Å². The van der Waals surface area contributed by atoms with Crippen molar-refractivity contribution in [1.82, 2.24) is 0 Å². The Morgan fingerprint density at radius 1 is 1.67 bits per heavy atom. The molecule has 4 heteroatoms. The molecule has 1 aromatic rings. The summed E-state index contributed by atoms with van der Waals surface area (Å²) in [5.74, 6) is 0. The van der Waals surface area contributed by atoms with Gasteiger partial charge in [-0.3, -0.25) is 0 Å². The van der Waals surface area contributed by atoms with Crippen molar-refractivity contribution in [1.29, 1.82) is 0 Å². The zero-order valence-corrected chi connectivity index (χ0v) is 11.0. The first-order valence-corrected chi connectivity index (χ1v) is 7.02. The summed E-state index contributed by atoms with van der Waals surface area (Å²) in [6, 6.07) is 2.31. The van der Waals surface area contributed by atoms with Gasteiger partial charge in [0.1, 0.15) is 0 Å². The van der Waals surface area contributed by atoms with Gasteiger partial charge >= 0.3 is 0 Å². The highest BCUT2D eigenvalue weighted by molar-refractivity contribution is 9.10. The smallest absolute Gasteiger partial charge is 0.0590 e. The van der Waals surface area contributed by atoms with Crippen LogP contribution in [0, 0.1) is 0 Å². The molecular weight excluding hydrogens is 274 g/mol. The fourth-order valence-corrected chi connectivity index (χ4v) is 3.57. The summed E-state index contributed by atoms with van der Waals surface area (Å²) < 4.78 is 6.77. The largest absolute Gasteiger partial charge is 0.378 e. The summed E-state index contributed by atoms with van der Waals surface area (Å²) in [4.78, 5) is 1.35. The molecule has 0 radical (unpaired) electrons. The maximum Gasteiger partial charge on any atom is 0.0590 e. The highest BCUT2D eigenvalue weighted by Crippen LogP contribution is 2.25. The molecule has 2 nitrogen and oxygen atoms in total. The molecule has 1 aromatic heterocycles. The highest BCUT2D eigenvalue weighted by atomic mass is 79.9. The van der Waals surface area contributed by atoms with Crippen LogP contribution in [0.25, 0.3) is 0 Å². The summed E-state index contributed by atoms with van der Waals surface area (Å²) >= 11 is 5.30. The van der Waals surface area contributed by atoms with Gasteiger partial charge in [-0.05, 0) is 53.1 Å². The molecule has 2 N–H and O–H groups in total. The van der Waals surface area contributed by atoms with Crippen LogP contribution in [0.3, 0.4) is 0 Å². The Morgan fingerprint density at radius 2 is 2.53 bits per heavy atom. The maximum atomic E-state index is 6.12. The van der Waals surface area contributed by atoms with E-state index in [2.05, 4.69) is 27.4 Å². The van der Waals surface area contributed by atoms with Crippen LogP contribution in [0.4, 0.5) is 0 Å². The van der Waals surface area contributed by atoms with Gasteiger partial charge in [0.2, 0.25) is 0 Å². The van der Waals surface area contributed by atoms with Crippen LogP contribution in [0.1, 0.15) is 24.1 Å². The van der Waals surface area contributed by atoms with Gasteiger partial charge in [-0.2, -0.15) is 0 Å². The normalized spacial score (nSPS) is 23.2. The molecule has 0 aliphatic carbocycles. The average molecular weight is 290 g/mol. The lowest BCUT2D eigenvalue weighted by molar-refractivity contribution is 0.0984. The Bertz CT molecular complexity index is 309. The van der Waals surface area contributed by atoms with Gasteiger partial charge in [0.15, 0.2) is 0 Å². The van der Waals surface area contributed by atoms with Crippen molar-refractivity contribution < 1.29 is 4.74 Å². The summed E-state index contributed by atoms with van der Waals surface area (Å²) in [6.07, 6.45) is 4.72. The second-order valence-electron chi connectivity index (χ2n) is 4.03. The van der Waals surface area contributed by atoms with Crippen molar-refractivity contribution in [3.63, 3.8) is 0 Å². The molecule has 0 bridgehead atoms. The summed E-state index contributed by atoms with van der Waals surface area (Å²) in [7, 11) is 0. The molecule has 1 fully saturated rings. The molecule has 0 amide bonds. The predicted octanol–water partition coefficient (Wildman–Crippen LogP) is 2.95. The first-order valence-electron chi connectivity index (χ1n) is 5.35. The molecule has 15 heavy (non-hydrogen) atoms. The van der Waals surface area contributed by atoms with Crippen LogP contribution in [-0.4, -0.2) is 18.8 Å². The van der Waals surface area contributed by atoms with Crippen LogP contribution in [0.2, 0.25) is 0 Å². The van der Waals surface area contributed by atoms with Crippen LogP contribution < -0.4 is 5.73 Å². The SMILES string of the molecule is NC(Cc1sccc1Br)CC1CCCO1. The quantitative estimate of drug-likeness (QED) is 0.925. The van der Waals surface area contributed by atoms with Gasteiger partial charge in [0.25, 0.3) is 0 Å². The third kappa shape index (κ3) is 3.28.